The Morgan fingerprint density at radius 2 is 1.05 bits per heavy atom. The van der Waals surface area contributed by atoms with Crippen LogP contribution in [0.1, 0.15) is 73.9 Å². The zero-order valence-corrected chi connectivity index (χ0v) is 27.4. The van der Waals surface area contributed by atoms with Gasteiger partial charge in [-0.1, -0.05) is 42.8 Å². The maximum atomic E-state index is 6.08. The van der Waals surface area contributed by atoms with Crippen molar-refractivity contribution in [3.05, 3.63) is 53.6 Å². The maximum absolute atomic E-state index is 6.08. The van der Waals surface area contributed by atoms with Gasteiger partial charge >= 0.3 is 14.2 Å². The van der Waals surface area contributed by atoms with Gasteiger partial charge in [0.05, 0.1) is 22.4 Å². The molecule has 0 N–H and O–H groups in total. The van der Waals surface area contributed by atoms with Crippen LogP contribution in [0.2, 0.25) is 6.82 Å². The van der Waals surface area contributed by atoms with Crippen LogP contribution in [0.15, 0.2) is 42.5 Å². The Labute approximate surface area is 255 Å². The molecule has 4 rings (SSSR count). The summed E-state index contributed by atoms with van der Waals surface area (Å²) in [5.74, 6) is 1.58. The SMILES string of the molecule is C.CB1OC(C)(C)C(C)(C)O1.COCOc1ccc(C)cc1.COCOc1ccc(C)cc1B1OC(C)(C)C(C)(C)O1. The molecule has 2 fully saturated rings. The summed E-state index contributed by atoms with van der Waals surface area (Å²) in [5.41, 5.74) is 2.23. The van der Waals surface area contributed by atoms with E-state index in [-0.39, 0.29) is 43.7 Å². The second kappa shape index (κ2) is 15.6. The van der Waals surface area contributed by atoms with Crippen molar-refractivity contribution in [1.82, 2.24) is 0 Å². The third-order valence-corrected chi connectivity index (χ3v) is 7.74. The van der Waals surface area contributed by atoms with Crippen LogP contribution >= 0.6 is 0 Å². The molecule has 236 valence electrons. The predicted octanol–water partition coefficient (Wildman–Crippen LogP) is 6.60. The van der Waals surface area contributed by atoms with Gasteiger partial charge in [-0.25, -0.2) is 0 Å². The molecule has 0 radical (unpaired) electrons. The number of aryl methyl sites for hydroxylation is 2. The van der Waals surface area contributed by atoms with E-state index in [0.717, 1.165) is 22.5 Å². The quantitative estimate of drug-likeness (QED) is 0.265. The molecule has 2 heterocycles. The van der Waals surface area contributed by atoms with Gasteiger partial charge in [0.1, 0.15) is 11.5 Å². The lowest BCUT2D eigenvalue weighted by molar-refractivity contribution is 0.00578. The number of hydrogen-bond acceptors (Lipinski definition) is 8. The summed E-state index contributed by atoms with van der Waals surface area (Å²) >= 11 is 0. The Bertz CT molecular complexity index is 1050. The molecule has 0 saturated carbocycles. The van der Waals surface area contributed by atoms with Crippen LogP contribution in [-0.2, 0) is 28.1 Å². The van der Waals surface area contributed by atoms with Gasteiger partial charge in [-0.15, -0.1) is 0 Å². The molecule has 0 aromatic heterocycles. The first kappa shape index (κ1) is 38.0. The van der Waals surface area contributed by atoms with Crippen molar-refractivity contribution < 1.29 is 37.6 Å². The van der Waals surface area contributed by atoms with Gasteiger partial charge in [-0.2, -0.15) is 0 Å². The molecule has 2 aromatic rings. The Balaban J connectivity index is 0.000000341. The fourth-order valence-electron chi connectivity index (χ4n) is 3.98. The molecule has 0 spiro atoms. The molecule has 0 amide bonds. The van der Waals surface area contributed by atoms with E-state index >= 15 is 0 Å². The van der Waals surface area contributed by atoms with Crippen molar-refractivity contribution in [3.8, 4) is 11.5 Å². The van der Waals surface area contributed by atoms with Crippen LogP contribution in [0, 0.1) is 13.8 Å². The second-order valence-electron chi connectivity index (χ2n) is 12.4. The molecular weight excluding hydrogens is 534 g/mol. The van der Waals surface area contributed by atoms with Gasteiger partial charge in [0.15, 0.2) is 13.6 Å². The van der Waals surface area contributed by atoms with Crippen molar-refractivity contribution in [2.45, 2.75) is 106 Å². The number of ether oxygens (including phenoxy) is 4. The molecule has 0 atom stereocenters. The standard InChI is InChI=1S/C15H23BO4.C9H12O2.C7H15BO2.CH4/c1-11-7-8-13(18-10-17-6)12(9-11)16-19-14(2,3)15(4,5)20-16;1-8-3-5-9(6-4-8)11-7-10-2;1-6(2)7(3,4)10-8(5)9-6;/h7-9H,10H2,1-6H3;3-6H,7H2,1-2H3;1-5H3;1H4. The zero-order chi connectivity index (χ0) is 31.1. The Morgan fingerprint density at radius 1 is 0.619 bits per heavy atom. The summed E-state index contributed by atoms with van der Waals surface area (Å²) < 4.78 is 43.8. The first-order valence-corrected chi connectivity index (χ1v) is 14.1. The number of benzene rings is 2. The molecule has 2 aliphatic rings. The second-order valence-corrected chi connectivity index (χ2v) is 12.4. The highest BCUT2D eigenvalue weighted by Gasteiger charge is 2.52. The van der Waals surface area contributed by atoms with Crippen molar-refractivity contribution in [2.24, 2.45) is 0 Å². The monoisotopic (exact) mass is 588 g/mol. The first-order chi connectivity index (χ1) is 18.9. The molecule has 0 bridgehead atoms. The summed E-state index contributed by atoms with van der Waals surface area (Å²) in [6.07, 6.45) is 0. The molecule has 2 aromatic carbocycles. The van der Waals surface area contributed by atoms with E-state index in [1.807, 2.05) is 90.8 Å². The van der Waals surface area contributed by atoms with E-state index in [0.29, 0.717) is 6.79 Å². The van der Waals surface area contributed by atoms with Gasteiger partial charge in [0, 0.05) is 19.7 Å². The van der Waals surface area contributed by atoms with Gasteiger partial charge in [0.25, 0.3) is 0 Å². The lowest BCUT2D eigenvalue weighted by Gasteiger charge is -2.32. The molecule has 42 heavy (non-hydrogen) atoms. The van der Waals surface area contributed by atoms with Crippen LogP contribution in [0.5, 0.6) is 11.5 Å². The predicted molar refractivity (Wildman–Crippen MR) is 172 cm³/mol. The largest absolute Gasteiger partial charge is 0.498 e. The first-order valence-electron chi connectivity index (χ1n) is 14.1. The molecule has 2 saturated heterocycles. The number of rotatable bonds is 7. The average Bonchev–Trinajstić information content (AvgIpc) is 3.21. The summed E-state index contributed by atoms with van der Waals surface area (Å²) in [6, 6.07) is 13.8. The highest BCUT2D eigenvalue weighted by molar-refractivity contribution is 6.63. The number of hydrogen-bond donors (Lipinski definition) is 0. The van der Waals surface area contributed by atoms with Gasteiger partial charge in [-0.3, -0.25) is 0 Å². The minimum Gasteiger partial charge on any atom is -0.468 e. The average molecular weight is 588 g/mol. The van der Waals surface area contributed by atoms with E-state index in [2.05, 4.69) is 27.7 Å². The van der Waals surface area contributed by atoms with Crippen molar-refractivity contribution in [1.29, 1.82) is 0 Å². The Morgan fingerprint density at radius 3 is 1.48 bits per heavy atom. The normalized spacial score (nSPS) is 19.1. The maximum Gasteiger partial charge on any atom is 0.498 e. The molecule has 0 aliphatic carbocycles. The summed E-state index contributed by atoms with van der Waals surface area (Å²) in [4.78, 5) is 0. The third-order valence-electron chi connectivity index (χ3n) is 7.74. The fourth-order valence-corrected chi connectivity index (χ4v) is 3.98. The van der Waals surface area contributed by atoms with Crippen molar-refractivity contribution >= 4 is 19.7 Å². The molecule has 8 nitrogen and oxygen atoms in total. The van der Waals surface area contributed by atoms with E-state index < -0.39 is 7.12 Å². The van der Waals surface area contributed by atoms with Gasteiger partial charge < -0.3 is 37.6 Å². The number of methoxy groups -OCH3 is 2. The van der Waals surface area contributed by atoms with Crippen molar-refractivity contribution in [2.75, 3.05) is 27.8 Å². The summed E-state index contributed by atoms with van der Waals surface area (Å²) in [6.45, 7) is 22.9. The van der Waals surface area contributed by atoms with Crippen LogP contribution in [0.25, 0.3) is 0 Å². The lowest BCUT2D eigenvalue weighted by atomic mass is 9.77. The fraction of sp³-hybridized carbons (Fsp3) is 0.625. The smallest absolute Gasteiger partial charge is 0.468 e. The van der Waals surface area contributed by atoms with E-state index in [4.69, 9.17) is 37.6 Å². The highest BCUT2D eigenvalue weighted by Crippen LogP contribution is 2.37. The van der Waals surface area contributed by atoms with E-state index in [1.165, 1.54) is 5.56 Å². The Kier molecular flexibility index (Phi) is 14.1. The topological polar surface area (TPSA) is 73.8 Å². The molecule has 0 unspecified atom stereocenters. The van der Waals surface area contributed by atoms with Crippen molar-refractivity contribution in [3.63, 3.8) is 0 Å². The van der Waals surface area contributed by atoms with Crippen LogP contribution < -0.4 is 14.9 Å². The zero-order valence-electron chi connectivity index (χ0n) is 27.4. The summed E-state index contributed by atoms with van der Waals surface area (Å²) in [7, 11) is 2.72. The highest BCUT2D eigenvalue weighted by atomic mass is 16.7. The minimum atomic E-state index is -0.424. The van der Waals surface area contributed by atoms with Crippen LogP contribution in [0.3, 0.4) is 0 Å². The van der Waals surface area contributed by atoms with Crippen LogP contribution in [0.4, 0.5) is 0 Å². The van der Waals surface area contributed by atoms with E-state index in [1.54, 1.807) is 14.2 Å². The third kappa shape index (κ3) is 10.3. The minimum absolute atomic E-state index is 0. The molecule has 10 heteroatoms. The molecular formula is C32H54B2O8. The summed E-state index contributed by atoms with van der Waals surface area (Å²) in [5, 5.41) is 0. The molecule has 2 aliphatic heterocycles. The van der Waals surface area contributed by atoms with Gasteiger partial charge in [-0.05, 0) is 94.3 Å². The van der Waals surface area contributed by atoms with Gasteiger partial charge in [0.2, 0.25) is 0 Å². The van der Waals surface area contributed by atoms with E-state index in [9.17, 15) is 0 Å². The lowest BCUT2D eigenvalue weighted by Crippen LogP contribution is -2.41. The van der Waals surface area contributed by atoms with Crippen LogP contribution in [-0.4, -0.2) is 64.4 Å². The Hall–Kier alpha value is -2.07.